The van der Waals surface area contributed by atoms with Crippen LogP contribution in [0.25, 0.3) is 0 Å². The first-order valence-corrected chi connectivity index (χ1v) is 7.83. The van der Waals surface area contributed by atoms with E-state index in [0.29, 0.717) is 18.7 Å². The molecule has 1 aliphatic heterocycles. The number of esters is 1. The molecular formula is C19H21NO3. The van der Waals surface area contributed by atoms with E-state index < -0.39 is 5.79 Å². The lowest BCUT2D eigenvalue weighted by Crippen LogP contribution is -2.52. The second kappa shape index (κ2) is 6.94. The van der Waals surface area contributed by atoms with Crippen molar-refractivity contribution in [1.82, 2.24) is 4.90 Å². The van der Waals surface area contributed by atoms with Gasteiger partial charge in [0.25, 0.3) is 0 Å². The number of carbonyl (C=O) groups excluding carboxylic acids is 1. The molecule has 120 valence electrons. The van der Waals surface area contributed by atoms with E-state index in [1.165, 1.54) is 5.56 Å². The third kappa shape index (κ3) is 4.18. The Balaban J connectivity index is 1.63. The number of hydrogen-bond donors (Lipinski definition) is 0. The van der Waals surface area contributed by atoms with Gasteiger partial charge in [-0.2, -0.15) is 0 Å². The predicted octanol–water partition coefficient (Wildman–Crippen LogP) is 3.09. The van der Waals surface area contributed by atoms with Gasteiger partial charge in [0.15, 0.2) is 0 Å². The van der Waals surface area contributed by atoms with Crippen molar-refractivity contribution in [3.05, 3.63) is 71.8 Å². The first-order chi connectivity index (χ1) is 11.1. The zero-order valence-corrected chi connectivity index (χ0v) is 13.3. The molecule has 4 nitrogen and oxygen atoms in total. The van der Waals surface area contributed by atoms with Crippen molar-refractivity contribution in [2.75, 3.05) is 19.7 Å². The van der Waals surface area contributed by atoms with E-state index >= 15 is 0 Å². The number of ether oxygens (including phenoxy) is 2. The fourth-order valence-corrected chi connectivity index (χ4v) is 2.79. The molecule has 23 heavy (non-hydrogen) atoms. The topological polar surface area (TPSA) is 38.8 Å². The van der Waals surface area contributed by atoms with Crippen molar-refractivity contribution < 1.29 is 14.3 Å². The number of hydrogen-bond acceptors (Lipinski definition) is 4. The largest absolute Gasteiger partial charge is 0.428 e. The first kappa shape index (κ1) is 15.7. The summed E-state index contributed by atoms with van der Waals surface area (Å²) in [7, 11) is 0. The van der Waals surface area contributed by atoms with Crippen LogP contribution in [0.3, 0.4) is 0 Å². The Kier molecular flexibility index (Phi) is 4.74. The van der Waals surface area contributed by atoms with Crippen molar-refractivity contribution >= 4 is 5.97 Å². The smallest absolute Gasteiger partial charge is 0.340 e. The van der Waals surface area contributed by atoms with Crippen LogP contribution in [0.1, 0.15) is 22.8 Å². The number of carbonyl (C=O) groups is 1. The van der Waals surface area contributed by atoms with Gasteiger partial charge in [-0.1, -0.05) is 48.5 Å². The van der Waals surface area contributed by atoms with Crippen molar-refractivity contribution in [3.8, 4) is 0 Å². The Morgan fingerprint density at radius 2 is 1.78 bits per heavy atom. The third-order valence-electron chi connectivity index (χ3n) is 3.89. The SMILES string of the molecule is CC1(OC(=O)c2ccccc2)CN(Cc2ccccc2)CCO1. The van der Waals surface area contributed by atoms with Gasteiger partial charge in [0.05, 0.1) is 18.7 Å². The fraction of sp³-hybridized carbons (Fsp3) is 0.316. The summed E-state index contributed by atoms with van der Waals surface area (Å²) >= 11 is 0. The van der Waals surface area contributed by atoms with Gasteiger partial charge >= 0.3 is 5.97 Å². The first-order valence-electron chi connectivity index (χ1n) is 7.83. The van der Waals surface area contributed by atoms with Crippen LogP contribution in [0, 0.1) is 0 Å². The van der Waals surface area contributed by atoms with Gasteiger partial charge in [-0.25, -0.2) is 4.79 Å². The maximum atomic E-state index is 12.3. The highest BCUT2D eigenvalue weighted by Crippen LogP contribution is 2.22. The predicted molar refractivity (Wildman–Crippen MR) is 87.9 cm³/mol. The summed E-state index contributed by atoms with van der Waals surface area (Å²) in [5, 5.41) is 0. The van der Waals surface area contributed by atoms with Crippen molar-refractivity contribution in [2.24, 2.45) is 0 Å². The summed E-state index contributed by atoms with van der Waals surface area (Å²) in [5.41, 5.74) is 1.78. The molecule has 0 radical (unpaired) electrons. The molecule has 0 N–H and O–H groups in total. The van der Waals surface area contributed by atoms with Gasteiger partial charge in [0, 0.05) is 20.0 Å². The Hall–Kier alpha value is -2.17. The van der Waals surface area contributed by atoms with Crippen molar-refractivity contribution in [1.29, 1.82) is 0 Å². The normalized spacial score (nSPS) is 21.8. The lowest BCUT2D eigenvalue weighted by atomic mass is 10.1. The lowest BCUT2D eigenvalue weighted by Gasteiger charge is -2.39. The average molecular weight is 311 g/mol. The minimum atomic E-state index is -0.917. The molecule has 0 amide bonds. The number of benzene rings is 2. The van der Waals surface area contributed by atoms with Crippen LogP contribution in [0.15, 0.2) is 60.7 Å². The van der Waals surface area contributed by atoms with Crippen LogP contribution in [-0.2, 0) is 16.0 Å². The maximum Gasteiger partial charge on any atom is 0.340 e. The summed E-state index contributed by atoms with van der Waals surface area (Å²) in [5.74, 6) is -1.27. The van der Waals surface area contributed by atoms with E-state index in [1.54, 1.807) is 12.1 Å². The minimum absolute atomic E-state index is 0.352. The zero-order chi connectivity index (χ0) is 16.1. The molecule has 0 saturated carbocycles. The second-order valence-corrected chi connectivity index (χ2v) is 5.93. The van der Waals surface area contributed by atoms with E-state index in [9.17, 15) is 4.79 Å². The molecule has 3 rings (SSSR count). The molecule has 0 aromatic heterocycles. The van der Waals surface area contributed by atoms with E-state index in [-0.39, 0.29) is 5.97 Å². The summed E-state index contributed by atoms with van der Waals surface area (Å²) in [6.45, 7) is 4.58. The highest BCUT2D eigenvalue weighted by Gasteiger charge is 2.36. The molecule has 1 unspecified atom stereocenters. The van der Waals surface area contributed by atoms with Crippen LogP contribution in [0.4, 0.5) is 0 Å². The standard InChI is InChI=1S/C19H21NO3/c1-19(23-18(21)17-10-6-3-7-11-17)15-20(12-13-22-19)14-16-8-4-2-5-9-16/h2-11H,12-15H2,1H3. The summed E-state index contributed by atoms with van der Waals surface area (Å²) < 4.78 is 11.4. The monoisotopic (exact) mass is 311 g/mol. The molecule has 1 aliphatic rings. The van der Waals surface area contributed by atoms with Crippen LogP contribution in [0.5, 0.6) is 0 Å². The van der Waals surface area contributed by atoms with Crippen molar-refractivity contribution in [2.45, 2.75) is 19.3 Å². The second-order valence-electron chi connectivity index (χ2n) is 5.93. The highest BCUT2D eigenvalue weighted by atomic mass is 16.7. The third-order valence-corrected chi connectivity index (χ3v) is 3.89. The van der Waals surface area contributed by atoms with Gasteiger partial charge in [-0.15, -0.1) is 0 Å². The molecule has 2 aromatic rings. The number of morpholine rings is 1. The number of rotatable bonds is 4. The zero-order valence-electron chi connectivity index (χ0n) is 13.3. The van der Waals surface area contributed by atoms with Gasteiger partial charge < -0.3 is 9.47 Å². The Labute approximate surface area is 136 Å². The van der Waals surface area contributed by atoms with E-state index in [0.717, 1.165) is 13.1 Å². The van der Waals surface area contributed by atoms with E-state index in [1.807, 2.05) is 43.3 Å². The molecule has 4 heteroatoms. The Bertz CT molecular complexity index is 644. The lowest BCUT2D eigenvalue weighted by molar-refractivity contribution is -0.227. The fourth-order valence-electron chi connectivity index (χ4n) is 2.79. The summed E-state index contributed by atoms with van der Waals surface area (Å²) in [6.07, 6.45) is 0. The van der Waals surface area contributed by atoms with Gasteiger partial charge in [-0.3, -0.25) is 4.90 Å². The molecule has 0 aliphatic carbocycles. The Morgan fingerprint density at radius 3 is 2.48 bits per heavy atom. The van der Waals surface area contributed by atoms with Crippen molar-refractivity contribution in [3.63, 3.8) is 0 Å². The molecule has 2 aromatic carbocycles. The summed E-state index contributed by atoms with van der Waals surface area (Å²) in [6, 6.07) is 19.3. The van der Waals surface area contributed by atoms with Gasteiger partial charge in [0.1, 0.15) is 0 Å². The molecule has 0 bridgehead atoms. The van der Waals surface area contributed by atoms with Gasteiger partial charge in [0.2, 0.25) is 5.79 Å². The van der Waals surface area contributed by atoms with E-state index in [2.05, 4.69) is 17.0 Å². The van der Waals surface area contributed by atoms with Crippen LogP contribution < -0.4 is 0 Å². The van der Waals surface area contributed by atoms with Gasteiger partial charge in [-0.05, 0) is 17.7 Å². The van der Waals surface area contributed by atoms with E-state index in [4.69, 9.17) is 9.47 Å². The van der Waals surface area contributed by atoms with Crippen LogP contribution in [-0.4, -0.2) is 36.4 Å². The molecular weight excluding hydrogens is 290 g/mol. The van der Waals surface area contributed by atoms with Crippen LogP contribution >= 0.6 is 0 Å². The molecule has 0 spiro atoms. The Morgan fingerprint density at radius 1 is 1.13 bits per heavy atom. The average Bonchev–Trinajstić information content (AvgIpc) is 2.56. The maximum absolute atomic E-state index is 12.3. The highest BCUT2D eigenvalue weighted by molar-refractivity contribution is 5.89. The molecule has 1 heterocycles. The molecule has 1 saturated heterocycles. The molecule has 1 fully saturated rings. The molecule has 1 atom stereocenters. The minimum Gasteiger partial charge on any atom is -0.428 e. The quantitative estimate of drug-likeness (QED) is 0.813. The van der Waals surface area contributed by atoms with Crippen LogP contribution in [0.2, 0.25) is 0 Å². The number of nitrogens with zero attached hydrogens (tertiary/aromatic N) is 1. The summed E-state index contributed by atoms with van der Waals surface area (Å²) in [4.78, 5) is 14.5.